The fraction of sp³-hybridized carbons (Fsp3) is 0.231. The Labute approximate surface area is 206 Å². The van der Waals surface area contributed by atoms with Gasteiger partial charge < -0.3 is 15.1 Å². The molecule has 0 aliphatic carbocycles. The van der Waals surface area contributed by atoms with E-state index in [2.05, 4.69) is 32.0 Å². The van der Waals surface area contributed by atoms with E-state index in [0.717, 1.165) is 42.2 Å². The maximum Gasteiger partial charge on any atom is 0.416 e. The average Bonchev–Trinajstić information content (AvgIpc) is 3.27. The Morgan fingerprint density at radius 2 is 1.86 bits per heavy atom. The number of halogens is 3. The zero-order valence-corrected chi connectivity index (χ0v) is 19.6. The predicted molar refractivity (Wildman–Crippen MR) is 135 cm³/mol. The van der Waals surface area contributed by atoms with Gasteiger partial charge in [-0.15, -0.1) is 5.10 Å². The van der Waals surface area contributed by atoms with Crippen LogP contribution in [0.1, 0.15) is 24.1 Å². The summed E-state index contributed by atoms with van der Waals surface area (Å²) in [6.45, 7) is 5.64. The van der Waals surface area contributed by atoms with Gasteiger partial charge in [-0.3, -0.25) is 4.98 Å². The Kier molecular flexibility index (Phi) is 6.17. The summed E-state index contributed by atoms with van der Waals surface area (Å²) in [5, 5.41) is 11.7. The van der Waals surface area contributed by atoms with Gasteiger partial charge in [0, 0.05) is 31.9 Å². The number of amidine groups is 1. The number of hydrogen-bond acceptors (Lipinski definition) is 7. The van der Waals surface area contributed by atoms with E-state index in [9.17, 15) is 13.2 Å². The maximum atomic E-state index is 13.3. The summed E-state index contributed by atoms with van der Waals surface area (Å²) in [7, 11) is 1.97. The van der Waals surface area contributed by atoms with Gasteiger partial charge in [0.15, 0.2) is 5.82 Å². The van der Waals surface area contributed by atoms with Gasteiger partial charge in [0.2, 0.25) is 0 Å². The van der Waals surface area contributed by atoms with E-state index in [1.165, 1.54) is 6.07 Å². The second-order valence-corrected chi connectivity index (χ2v) is 8.60. The topological polar surface area (TPSA) is 69.0 Å². The molecular formula is C26H24F3N7. The molecule has 0 amide bonds. The molecule has 0 radical (unpaired) electrons. The van der Waals surface area contributed by atoms with Gasteiger partial charge >= 0.3 is 6.18 Å². The highest BCUT2D eigenvalue weighted by molar-refractivity contribution is 6.13. The zero-order chi connectivity index (χ0) is 25.3. The molecule has 10 heteroatoms. The first kappa shape index (κ1) is 23.5. The van der Waals surface area contributed by atoms with E-state index in [0.29, 0.717) is 41.7 Å². The molecule has 5 rings (SSSR count). The Hall–Kier alpha value is -4.21. The molecule has 0 bridgehead atoms. The Morgan fingerprint density at radius 1 is 1.00 bits per heavy atom. The molecule has 1 N–H and O–H groups in total. The largest absolute Gasteiger partial charge is 0.416 e. The van der Waals surface area contributed by atoms with E-state index >= 15 is 0 Å². The van der Waals surface area contributed by atoms with Crippen LogP contribution in [0.3, 0.4) is 0 Å². The van der Waals surface area contributed by atoms with Crippen LogP contribution in [-0.2, 0) is 6.18 Å². The van der Waals surface area contributed by atoms with Gasteiger partial charge in [-0.1, -0.05) is 24.8 Å². The van der Waals surface area contributed by atoms with Crippen molar-refractivity contribution < 1.29 is 13.2 Å². The molecule has 3 aromatic rings. The molecule has 36 heavy (non-hydrogen) atoms. The van der Waals surface area contributed by atoms with Crippen molar-refractivity contribution in [3.63, 3.8) is 0 Å². The predicted octanol–water partition coefficient (Wildman–Crippen LogP) is 5.08. The fourth-order valence-corrected chi connectivity index (χ4v) is 4.24. The van der Waals surface area contributed by atoms with Crippen molar-refractivity contribution >= 4 is 23.1 Å². The first-order valence-electron chi connectivity index (χ1n) is 11.5. The molecule has 0 spiro atoms. The molecule has 184 valence electrons. The van der Waals surface area contributed by atoms with Crippen LogP contribution >= 0.6 is 0 Å². The van der Waals surface area contributed by atoms with E-state index < -0.39 is 11.7 Å². The SMILES string of the molecule is C=C(NC1=NN=C(c2ccccn2)C1)N1CCCN(C)c2ccc(-c3cccc(C(F)(F)F)c3)nc21. The fourth-order valence-electron chi connectivity index (χ4n) is 4.24. The van der Waals surface area contributed by atoms with Gasteiger partial charge in [0.05, 0.1) is 34.8 Å². The number of pyridine rings is 2. The van der Waals surface area contributed by atoms with Gasteiger partial charge in [-0.05, 0) is 42.8 Å². The number of anilines is 2. The number of hydrogen-bond donors (Lipinski definition) is 1. The lowest BCUT2D eigenvalue weighted by molar-refractivity contribution is -0.137. The molecule has 0 unspecified atom stereocenters. The van der Waals surface area contributed by atoms with Crippen LogP contribution in [0, 0.1) is 0 Å². The van der Waals surface area contributed by atoms with Crippen LogP contribution in [0.2, 0.25) is 0 Å². The summed E-state index contributed by atoms with van der Waals surface area (Å²) in [6.07, 6.45) is -1.40. The lowest BCUT2D eigenvalue weighted by Crippen LogP contribution is -2.35. The van der Waals surface area contributed by atoms with E-state index in [-0.39, 0.29) is 0 Å². The van der Waals surface area contributed by atoms with Crippen LogP contribution in [0.15, 0.2) is 83.4 Å². The van der Waals surface area contributed by atoms with E-state index in [1.807, 2.05) is 36.2 Å². The van der Waals surface area contributed by atoms with Crippen molar-refractivity contribution in [1.29, 1.82) is 0 Å². The monoisotopic (exact) mass is 491 g/mol. The summed E-state index contributed by atoms with van der Waals surface area (Å²) in [4.78, 5) is 13.1. The molecule has 0 atom stereocenters. The van der Waals surface area contributed by atoms with Gasteiger partial charge in [0.25, 0.3) is 0 Å². The molecular weight excluding hydrogens is 467 g/mol. The first-order valence-corrected chi connectivity index (χ1v) is 11.5. The Bertz CT molecular complexity index is 1350. The van der Waals surface area contributed by atoms with E-state index in [1.54, 1.807) is 18.3 Å². The van der Waals surface area contributed by atoms with Crippen LogP contribution in [0.5, 0.6) is 0 Å². The number of alkyl halides is 3. The molecule has 0 saturated carbocycles. The van der Waals surface area contributed by atoms with Crippen LogP contribution < -0.4 is 15.1 Å². The summed E-state index contributed by atoms with van der Waals surface area (Å²) in [5.41, 5.74) is 2.52. The normalized spacial score (nSPS) is 15.7. The minimum Gasteiger partial charge on any atom is -0.372 e. The van der Waals surface area contributed by atoms with Crippen LogP contribution in [-0.4, -0.2) is 41.7 Å². The summed E-state index contributed by atoms with van der Waals surface area (Å²) in [6, 6.07) is 14.5. The molecule has 4 heterocycles. The first-order chi connectivity index (χ1) is 17.3. The third-order valence-electron chi connectivity index (χ3n) is 6.08. The third kappa shape index (κ3) is 4.79. The second-order valence-electron chi connectivity index (χ2n) is 8.60. The molecule has 7 nitrogen and oxygen atoms in total. The van der Waals surface area contributed by atoms with Crippen molar-refractivity contribution in [3.05, 3.63) is 84.5 Å². The molecule has 2 aliphatic heterocycles. The summed E-state index contributed by atoms with van der Waals surface area (Å²) < 4.78 is 39.8. The number of fused-ring (bicyclic) bond motifs is 1. The molecule has 0 saturated heterocycles. The lowest BCUT2D eigenvalue weighted by atomic mass is 10.1. The summed E-state index contributed by atoms with van der Waals surface area (Å²) >= 11 is 0. The molecule has 1 aromatic carbocycles. The van der Waals surface area contributed by atoms with Crippen molar-refractivity contribution in [2.24, 2.45) is 10.2 Å². The lowest BCUT2D eigenvalue weighted by Gasteiger charge is -2.27. The highest BCUT2D eigenvalue weighted by Gasteiger charge is 2.31. The molecule has 0 fully saturated rings. The van der Waals surface area contributed by atoms with Crippen molar-refractivity contribution in [3.8, 4) is 11.3 Å². The van der Waals surface area contributed by atoms with Crippen molar-refractivity contribution in [2.45, 2.75) is 19.0 Å². The maximum absolute atomic E-state index is 13.3. The number of benzene rings is 1. The van der Waals surface area contributed by atoms with Gasteiger partial charge in [-0.25, -0.2) is 4.98 Å². The quantitative estimate of drug-likeness (QED) is 0.552. The number of nitrogens with zero attached hydrogens (tertiary/aromatic N) is 6. The second kappa shape index (κ2) is 9.44. The van der Waals surface area contributed by atoms with Gasteiger partial charge in [0.1, 0.15) is 11.7 Å². The van der Waals surface area contributed by atoms with E-state index in [4.69, 9.17) is 4.98 Å². The average molecular weight is 492 g/mol. The third-order valence-corrected chi connectivity index (χ3v) is 6.08. The number of rotatable bonds is 4. The highest BCUT2D eigenvalue weighted by atomic mass is 19.4. The standard InChI is InChI=1S/C26H24F3N7/c1-17(31-24-16-22(33-34-24)21-9-3-4-12-30-21)36-14-6-13-35(2)23-11-10-20(32-25(23)36)18-7-5-8-19(15-18)26(27,28)29/h3-5,7-12,15H,1,6,13-14,16H2,2H3,(H,31,34). The highest BCUT2D eigenvalue weighted by Crippen LogP contribution is 2.36. The Balaban J connectivity index is 1.40. The molecule has 2 aromatic heterocycles. The Morgan fingerprint density at radius 3 is 2.64 bits per heavy atom. The van der Waals surface area contributed by atoms with Crippen LogP contribution in [0.4, 0.5) is 24.7 Å². The zero-order valence-electron chi connectivity index (χ0n) is 19.6. The number of aromatic nitrogens is 2. The van der Waals surface area contributed by atoms with Gasteiger partial charge in [-0.2, -0.15) is 18.3 Å². The minimum atomic E-state index is -4.43. The van der Waals surface area contributed by atoms with Crippen molar-refractivity contribution in [2.75, 3.05) is 29.9 Å². The molecule has 2 aliphatic rings. The number of nitrogens with one attached hydrogen (secondary N) is 1. The van der Waals surface area contributed by atoms with Crippen LogP contribution in [0.25, 0.3) is 11.3 Å². The summed E-state index contributed by atoms with van der Waals surface area (Å²) in [5.74, 6) is 1.82. The smallest absolute Gasteiger partial charge is 0.372 e. The minimum absolute atomic E-state index is 0.395. The van der Waals surface area contributed by atoms with Crippen molar-refractivity contribution in [1.82, 2.24) is 15.3 Å².